The molecule has 0 saturated heterocycles. The van der Waals surface area contributed by atoms with Crippen molar-refractivity contribution in [3.63, 3.8) is 0 Å². The first kappa shape index (κ1) is 47.7. The zero-order chi connectivity index (χ0) is 44.1. The standard InChI is InChI=1S/C24H30N4O3S.C23H27ClN4OS/c1-4-5-15-32-24-27-26-22(28(24)19-10-8-11-20(16-19)30-2)13-14-23(29)25-17-18-9-6-7-12-21(18)31-3;1-3-4-15-25-22(29)14-13-21-26-27-23(28(21)20-11-9-19(24)10-12-20)30-16-18-7-5-17(2)6-8-18/h6-12,16H,4-5,13-15,17H2,1-3H3,(H,25,29);5-12H,3-4,13-16H2,1-2H3,(H,25,29). The number of nitrogens with one attached hydrogen (secondary N) is 2. The fourth-order valence-electron chi connectivity index (χ4n) is 6.18. The van der Waals surface area contributed by atoms with Crippen LogP contribution in [0.1, 0.15) is 80.7 Å². The minimum atomic E-state index is -0.0451. The van der Waals surface area contributed by atoms with Crippen molar-refractivity contribution in [3.05, 3.63) is 130 Å². The van der Waals surface area contributed by atoms with Crippen LogP contribution in [-0.2, 0) is 34.7 Å². The molecular weight excluding hydrogens is 840 g/mol. The third kappa shape index (κ3) is 14.7. The maximum absolute atomic E-state index is 12.5. The average molecular weight is 898 g/mol. The number of hydrogen-bond donors (Lipinski definition) is 2. The van der Waals surface area contributed by atoms with Crippen molar-refractivity contribution in [1.29, 1.82) is 0 Å². The maximum atomic E-state index is 12.5. The molecule has 12 nitrogen and oxygen atoms in total. The van der Waals surface area contributed by atoms with Gasteiger partial charge in [0.05, 0.1) is 19.9 Å². The SMILES string of the molecule is CCCCNC(=O)CCc1nnc(SCc2ccc(C)cc2)n1-c1ccc(Cl)cc1.CCCCSc1nnc(CCC(=O)NCc2ccccc2OC)n1-c1cccc(OC)c1. The molecule has 4 aromatic carbocycles. The molecule has 328 valence electrons. The van der Waals surface area contributed by atoms with Crippen LogP contribution < -0.4 is 20.1 Å². The van der Waals surface area contributed by atoms with Gasteiger partial charge in [-0.1, -0.05) is 116 Å². The molecule has 62 heavy (non-hydrogen) atoms. The fourth-order valence-corrected chi connectivity index (χ4v) is 8.29. The molecule has 2 N–H and O–H groups in total. The smallest absolute Gasteiger partial charge is 0.220 e. The number of para-hydroxylation sites is 1. The molecule has 2 heterocycles. The molecule has 0 unspecified atom stereocenters. The van der Waals surface area contributed by atoms with Crippen molar-refractivity contribution in [1.82, 2.24) is 40.2 Å². The second-order valence-electron chi connectivity index (χ2n) is 14.4. The van der Waals surface area contributed by atoms with Gasteiger partial charge in [-0.3, -0.25) is 18.7 Å². The quantitative estimate of drug-likeness (QED) is 0.0501. The first-order valence-corrected chi connectivity index (χ1v) is 23.3. The Labute approximate surface area is 379 Å². The molecule has 0 aliphatic rings. The van der Waals surface area contributed by atoms with Crippen LogP contribution in [0.2, 0.25) is 5.02 Å². The van der Waals surface area contributed by atoms with E-state index in [2.05, 4.69) is 76.1 Å². The minimum Gasteiger partial charge on any atom is -0.497 e. The van der Waals surface area contributed by atoms with Gasteiger partial charge in [0.25, 0.3) is 0 Å². The number of benzene rings is 4. The summed E-state index contributed by atoms with van der Waals surface area (Å²) in [6.07, 6.45) is 6.00. The van der Waals surface area contributed by atoms with Crippen LogP contribution in [0.5, 0.6) is 11.5 Å². The Hall–Kier alpha value is -5.31. The molecule has 0 atom stereocenters. The lowest BCUT2D eigenvalue weighted by atomic mass is 10.2. The van der Waals surface area contributed by atoms with Gasteiger partial charge in [-0.25, -0.2) is 0 Å². The predicted octanol–water partition coefficient (Wildman–Crippen LogP) is 9.80. The van der Waals surface area contributed by atoms with E-state index in [1.54, 1.807) is 37.7 Å². The van der Waals surface area contributed by atoms with Crippen LogP contribution >= 0.6 is 35.1 Å². The van der Waals surface area contributed by atoms with Crippen molar-refractivity contribution in [2.45, 2.75) is 94.7 Å². The summed E-state index contributed by atoms with van der Waals surface area (Å²) in [5.41, 5.74) is 5.29. The van der Waals surface area contributed by atoms with E-state index in [9.17, 15) is 9.59 Å². The Kier molecular flexibility index (Phi) is 19.7. The number of methoxy groups -OCH3 is 2. The summed E-state index contributed by atoms with van der Waals surface area (Å²) in [5.74, 6) is 4.82. The molecule has 0 aliphatic heterocycles. The Balaban J connectivity index is 0.000000235. The van der Waals surface area contributed by atoms with Crippen molar-refractivity contribution >= 4 is 46.9 Å². The Bertz CT molecular complexity index is 2300. The average Bonchev–Trinajstić information content (AvgIpc) is 3.91. The largest absolute Gasteiger partial charge is 0.497 e. The van der Waals surface area contributed by atoms with Gasteiger partial charge in [0, 0.05) is 72.6 Å². The third-order valence-electron chi connectivity index (χ3n) is 9.69. The molecular formula is C47H57ClN8O4S2. The highest BCUT2D eigenvalue weighted by Crippen LogP contribution is 2.28. The summed E-state index contributed by atoms with van der Waals surface area (Å²) in [7, 11) is 3.28. The summed E-state index contributed by atoms with van der Waals surface area (Å²) in [5, 5.41) is 25.8. The first-order valence-electron chi connectivity index (χ1n) is 21.0. The number of nitrogens with zero attached hydrogens (tertiary/aromatic N) is 6. The van der Waals surface area contributed by atoms with E-state index in [0.717, 1.165) is 94.1 Å². The van der Waals surface area contributed by atoms with Gasteiger partial charge in [0.15, 0.2) is 10.3 Å². The lowest BCUT2D eigenvalue weighted by Crippen LogP contribution is -2.24. The maximum Gasteiger partial charge on any atom is 0.220 e. The van der Waals surface area contributed by atoms with Crippen molar-refractivity contribution in [2.75, 3.05) is 26.5 Å². The van der Waals surface area contributed by atoms with Crippen LogP contribution in [0, 0.1) is 6.92 Å². The summed E-state index contributed by atoms with van der Waals surface area (Å²) < 4.78 is 14.8. The molecule has 6 rings (SSSR count). The second-order valence-corrected chi connectivity index (χ2v) is 16.9. The number of aromatic nitrogens is 6. The van der Waals surface area contributed by atoms with Crippen LogP contribution in [0.15, 0.2) is 107 Å². The van der Waals surface area contributed by atoms with E-state index in [-0.39, 0.29) is 11.8 Å². The summed E-state index contributed by atoms with van der Waals surface area (Å²) in [4.78, 5) is 24.7. The second kappa shape index (κ2) is 25.6. The number of aryl methyl sites for hydroxylation is 3. The highest BCUT2D eigenvalue weighted by atomic mass is 35.5. The molecule has 2 amide bonds. The monoisotopic (exact) mass is 896 g/mol. The third-order valence-corrected chi connectivity index (χ3v) is 12.0. The van der Waals surface area contributed by atoms with Gasteiger partial charge < -0.3 is 20.1 Å². The van der Waals surface area contributed by atoms with Gasteiger partial charge >= 0.3 is 0 Å². The highest BCUT2D eigenvalue weighted by Gasteiger charge is 2.18. The first-order chi connectivity index (χ1) is 30.2. The van der Waals surface area contributed by atoms with Crippen molar-refractivity contribution in [3.8, 4) is 22.9 Å². The molecule has 0 aliphatic carbocycles. The van der Waals surface area contributed by atoms with Gasteiger partial charge in [0.2, 0.25) is 11.8 Å². The Morgan fingerprint density at radius 1 is 0.694 bits per heavy atom. The summed E-state index contributed by atoms with van der Waals surface area (Å²) >= 11 is 9.38. The summed E-state index contributed by atoms with van der Waals surface area (Å²) in [6, 6.07) is 31.6. The normalized spacial score (nSPS) is 10.8. The number of amides is 2. The number of thioether (sulfide) groups is 2. The number of ether oxygens (including phenoxy) is 2. The molecule has 15 heteroatoms. The zero-order valence-electron chi connectivity index (χ0n) is 36.2. The number of carbonyl (C=O) groups is 2. The lowest BCUT2D eigenvalue weighted by Gasteiger charge is -2.12. The van der Waals surface area contributed by atoms with E-state index in [1.807, 2.05) is 81.9 Å². The van der Waals surface area contributed by atoms with Gasteiger partial charge in [-0.15, -0.1) is 20.4 Å². The lowest BCUT2D eigenvalue weighted by molar-refractivity contribution is -0.122. The predicted molar refractivity (Wildman–Crippen MR) is 250 cm³/mol. The zero-order valence-corrected chi connectivity index (χ0v) is 38.6. The van der Waals surface area contributed by atoms with Crippen LogP contribution in [0.25, 0.3) is 11.4 Å². The molecule has 0 radical (unpaired) electrons. The van der Waals surface area contributed by atoms with Crippen LogP contribution in [0.4, 0.5) is 0 Å². The number of halogens is 1. The van der Waals surface area contributed by atoms with E-state index < -0.39 is 0 Å². The van der Waals surface area contributed by atoms with Crippen molar-refractivity contribution < 1.29 is 19.1 Å². The van der Waals surface area contributed by atoms with Crippen molar-refractivity contribution in [2.24, 2.45) is 0 Å². The van der Waals surface area contributed by atoms with E-state index in [0.29, 0.717) is 37.3 Å². The topological polar surface area (TPSA) is 138 Å². The Morgan fingerprint density at radius 2 is 1.34 bits per heavy atom. The van der Waals surface area contributed by atoms with E-state index in [4.69, 9.17) is 21.1 Å². The minimum absolute atomic E-state index is 0.0444. The van der Waals surface area contributed by atoms with Gasteiger partial charge in [-0.05, 0) is 67.8 Å². The van der Waals surface area contributed by atoms with Crippen LogP contribution in [0.3, 0.4) is 0 Å². The number of unbranched alkanes of at least 4 members (excludes halogenated alkanes) is 2. The van der Waals surface area contributed by atoms with Gasteiger partial charge in [0.1, 0.15) is 23.1 Å². The highest BCUT2D eigenvalue weighted by molar-refractivity contribution is 7.99. The number of carbonyl (C=O) groups excluding carboxylic acids is 2. The Morgan fingerprint density at radius 3 is 2.00 bits per heavy atom. The molecule has 0 spiro atoms. The molecule has 0 fully saturated rings. The van der Waals surface area contributed by atoms with E-state index >= 15 is 0 Å². The number of hydrogen-bond acceptors (Lipinski definition) is 10. The van der Waals surface area contributed by atoms with Crippen LogP contribution in [-0.4, -0.2) is 67.9 Å². The molecule has 6 aromatic rings. The van der Waals surface area contributed by atoms with E-state index in [1.165, 1.54) is 11.1 Å². The number of rotatable bonds is 22. The molecule has 0 saturated carbocycles. The fraction of sp³-hybridized carbons (Fsp3) is 0.362. The molecule has 2 aromatic heterocycles. The van der Waals surface area contributed by atoms with Gasteiger partial charge in [-0.2, -0.15) is 0 Å². The molecule has 0 bridgehead atoms. The summed E-state index contributed by atoms with van der Waals surface area (Å²) in [6.45, 7) is 7.50.